The van der Waals surface area contributed by atoms with E-state index in [9.17, 15) is 4.79 Å². The summed E-state index contributed by atoms with van der Waals surface area (Å²) in [6.07, 6.45) is 0. The zero-order valence-corrected chi connectivity index (χ0v) is 20.4. The minimum Gasteiger partial charge on any atom is -0.497 e. The second-order valence-electron chi connectivity index (χ2n) is 8.28. The Morgan fingerprint density at radius 3 is 2.34 bits per heavy atom. The summed E-state index contributed by atoms with van der Waals surface area (Å²) in [5.74, 6) is 2.25. The van der Waals surface area contributed by atoms with Gasteiger partial charge in [0.25, 0.3) is 5.91 Å². The molecule has 9 nitrogen and oxygen atoms in total. The molecule has 5 rings (SSSR count). The third-order valence-electron chi connectivity index (χ3n) is 5.91. The second-order valence-corrected chi connectivity index (χ2v) is 9.25. The fourth-order valence-electron chi connectivity index (χ4n) is 3.94. The van der Waals surface area contributed by atoms with Crippen LogP contribution in [0.25, 0.3) is 20.9 Å². The lowest BCUT2D eigenvalue weighted by Gasteiger charge is -2.35. The van der Waals surface area contributed by atoms with Crippen LogP contribution in [0.1, 0.15) is 5.56 Å². The van der Waals surface area contributed by atoms with Gasteiger partial charge in [0.15, 0.2) is 17.3 Å². The van der Waals surface area contributed by atoms with Crippen LogP contribution < -0.4 is 20.1 Å². The van der Waals surface area contributed by atoms with Crippen LogP contribution in [0.15, 0.2) is 48.5 Å². The number of benzene rings is 2. The van der Waals surface area contributed by atoms with Crippen molar-refractivity contribution < 1.29 is 14.3 Å². The molecule has 2 aromatic heterocycles. The second kappa shape index (κ2) is 9.75. The lowest BCUT2D eigenvalue weighted by molar-refractivity contribution is -0.133. The van der Waals surface area contributed by atoms with E-state index in [1.807, 2.05) is 0 Å². The minimum atomic E-state index is -0.0527. The SMILES string of the molecule is COc1ccc(OCC(=O)N2CCN(c3nc(N)nc4sc(-c5ccc(C)cc5)nc34)CC2)cc1. The molecule has 1 fully saturated rings. The number of aromatic nitrogens is 3. The Bertz CT molecular complexity index is 1330. The van der Waals surface area contributed by atoms with Gasteiger partial charge >= 0.3 is 0 Å². The van der Waals surface area contributed by atoms with Gasteiger partial charge in [0.1, 0.15) is 22.0 Å². The summed E-state index contributed by atoms with van der Waals surface area (Å²) in [5.41, 5.74) is 9.00. The average molecular weight is 491 g/mol. The Morgan fingerprint density at radius 1 is 0.971 bits per heavy atom. The molecule has 10 heteroatoms. The van der Waals surface area contributed by atoms with Crippen molar-refractivity contribution in [3.05, 3.63) is 54.1 Å². The molecule has 2 N–H and O–H groups in total. The number of fused-ring (bicyclic) bond motifs is 1. The first-order valence-electron chi connectivity index (χ1n) is 11.3. The molecule has 35 heavy (non-hydrogen) atoms. The number of nitrogens with zero attached hydrogens (tertiary/aromatic N) is 5. The van der Waals surface area contributed by atoms with Crippen LogP contribution in [0.2, 0.25) is 0 Å². The fourth-order valence-corrected chi connectivity index (χ4v) is 4.89. The third kappa shape index (κ3) is 4.97. The topological polar surface area (TPSA) is 107 Å². The molecule has 1 aliphatic heterocycles. The maximum Gasteiger partial charge on any atom is 0.260 e. The number of piperazine rings is 1. The number of aryl methyl sites for hydroxylation is 1. The minimum absolute atomic E-state index is 0.0109. The normalized spacial score (nSPS) is 13.8. The number of methoxy groups -OCH3 is 1. The Hall–Kier alpha value is -3.92. The van der Waals surface area contributed by atoms with Crippen molar-refractivity contribution in [2.75, 3.05) is 50.5 Å². The molecule has 0 atom stereocenters. The molecule has 0 unspecified atom stereocenters. The highest BCUT2D eigenvalue weighted by molar-refractivity contribution is 7.21. The zero-order chi connectivity index (χ0) is 24.4. The largest absolute Gasteiger partial charge is 0.497 e. The van der Waals surface area contributed by atoms with E-state index in [2.05, 4.69) is 46.1 Å². The van der Waals surface area contributed by atoms with Gasteiger partial charge in [-0.3, -0.25) is 4.79 Å². The van der Waals surface area contributed by atoms with E-state index in [0.29, 0.717) is 37.7 Å². The number of nitrogens with two attached hydrogens (primary N) is 1. The van der Waals surface area contributed by atoms with E-state index in [-0.39, 0.29) is 18.5 Å². The third-order valence-corrected chi connectivity index (χ3v) is 6.91. The average Bonchev–Trinajstić information content (AvgIpc) is 3.31. The van der Waals surface area contributed by atoms with E-state index in [1.54, 1.807) is 36.3 Å². The molecule has 2 aromatic carbocycles. The number of rotatable bonds is 6. The quantitative estimate of drug-likeness (QED) is 0.438. The maximum absolute atomic E-state index is 12.7. The van der Waals surface area contributed by atoms with Crippen molar-refractivity contribution in [2.45, 2.75) is 6.92 Å². The number of ether oxygens (including phenoxy) is 2. The molecule has 180 valence electrons. The van der Waals surface area contributed by atoms with Gasteiger partial charge in [0.05, 0.1) is 7.11 Å². The summed E-state index contributed by atoms with van der Waals surface area (Å²) < 4.78 is 10.8. The smallest absolute Gasteiger partial charge is 0.260 e. The van der Waals surface area contributed by atoms with E-state index < -0.39 is 0 Å². The molecule has 0 spiro atoms. The van der Waals surface area contributed by atoms with Gasteiger partial charge in [-0.2, -0.15) is 4.98 Å². The lowest BCUT2D eigenvalue weighted by atomic mass is 10.2. The van der Waals surface area contributed by atoms with Crippen molar-refractivity contribution in [1.29, 1.82) is 0 Å². The van der Waals surface area contributed by atoms with E-state index >= 15 is 0 Å². The van der Waals surface area contributed by atoms with Gasteiger partial charge in [0, 0.05) is 31.7 Å². The highest BCUT2D eigenvalue weighted by Gasteiger charge is 2.25. The highest BCUT2D eigenvalue weighted by atomic mass is 32.1. The first-order valence-corrected chi connectivity index (χ1v) is 12.1. The summed E-state index contributed by atoms with van der Waals surface area (Å²) in [6.45, 7) is 4.41. The molecule has 3 heterocycles. The van der Waals surface area contributed by atoms with Gasteiger partial charge in [-0.1, -0.05) is 41.2 Å². The van der Waals surface area contributed by atoms with Gasteiger partial charge in [-0.05, 0) is 31.2 Å². The fraction of sp³-hybridized carbons (Fsp3) is 0.280. The molecule has 0 bridgehead atoms. The van der Waals surface area contributed by atoms with Gasteiger partial charge in [0.2, 0.25) is 5.95 Å². The number of carbonyl (C=O) groups excluding carboxylic acids is 1. The predicted octanol–water partition coefficient (Wildman–Crippen LogP) is 3.38. The summed E-state index contributed by atoms with van der Waals surface area (Å²) in [7, 11) is 1.61. The maximum atomic E-state index is 12.7. The van der Waals surface area contributed by atoms with Crippen LogP contribution in [-0.2, 0) is 4.79 Å². The standard InChI is InChI=1S/C25H26N6O3S/c1-16-3-5-17(6-4-16)23-27-21-22(28-25(26)29-24(21)35-23)31-13-11-30(12-14-31)20(32)15-34-19-9-7-18(33-2)8-10-19/h3-10H,11-15H2,1-2H3,(H2,26,28,29). The van der Waals surface area contributed by atoms with Crippen molar-refractivity contribution in [1.82, 2.24) is 19.9 Å². The summed E-state index contributed by atoms with van der Waals surface area (Å²) in [6, 6.07) is 15.4. The first kappa shape index (κ1) is 22.9. The van der Waals surface area contributed by atoms with Crippen LogP contribution in [0.3, 0.4) is 0 Å². The number of hydrogen-bond acceptors (Lipinski definition) is 9. The summed E-state index contributed by atoms with van der Waals surface area (Å²) in [5, 5.41) is 0.880. The number of nitrogen functional groups attached to an aromatic ring is 1. The summed E-state index contributed by atoms with van der Waals surface area (Å²) in [4.78, 5) is 31.1. The van der Waals surface area contributed by atoms with Crippen LogP contribution in [0, 0.1) is 6.92 Å². The van der Waals surface area contributed by atoms with Crippen molar-refractivity contribution >= 4 is 39.4 Å². The van der Waals surface area contributed by atoms with Crippen LogP contribution in [0.5, 0.6) is 11.5 Å². The molecule has 0 radical (unpaired) electrons. The van der Waals surface area contributed by atoms with E-state index in [4.69, 9.17) is 20.2 Å². The molecule has 1 amide bonds. The molecule has 0 saturated carbocycles. The number of thiazole rings is 1. The molecular weight excluding hydrogens is 464 g/mol. The lowest BCUT2D eigenvalue weighted by Crippen LogP contribution is -2.50. The van der Waals surface area contributed by atoms with Crippen LogP contribution >= 0.6 is 11.3 Å². The molecular formula is C25H26N6O3S. The Morgan fingerprint density at radius 2 is 1.66 bits per heavy atom. The molecule has 4 aromatic rings. The molecule has 1 aliphatic rings. The van der Waals surface area contributed by atoms with Gasteiger partial charge in [-0.25, -0.2) is 9.97 Å². The van der Waals surface area contributed by atoms with E-state index in [0.717, 1.165) is 26.7 Å². The molecule has 0 aliphatic carbocycles. The Kier molecular flexibility index (Phi) is 6.37. The number of anilines is 2. The van der Waals surface area contributed by atoms with Crippen LogP contribution in [0.4, 0.5) is 11.8 Å². The number of amides is 1. The van der Waals surface area contributed by atoms with Crippen molar-refractivity contribution in [3.63, 3.8) is 0 Å². The predicted molar refractivity (Wildman–Crippen MR) is 137 cm³/mol. The Balaban J connectivity index is 1.26. The summed E-state index contributed by atoms with van der Waals surface area (Å²) >= 11 is 1.50. The highest BCUT2D eigenvalue weighted by Crippen LogP contribution is 2.34. The van der Waals surface area contributed by atoms with E-state index in [1.165, 1.54) is 16.9 Å². The molecule has 1 saturated heterocycles. The monoisotopic (exact) mass is 490 g/mol. The Labute approximate surface area is 207 Å². The zero-order valence-electron chi connectivity index (χ0n) is 19.6. The van der Waals surface area contributed by atoms with Crippen LogP contribution in [-0.4, -0.2) is 65.7 Å². The van der Waals surface area contributed by atoms with Crippen molar-refractivity contribution in [2.24, 2.45) is 0 Å². The number of carbonyl (C=O) groups is 1. The van der Waals surface area contributed by atoms with Crippen molar-refractivity contribution in [3.8, 4) is 22.1 Å². The first-order chi connectivity index (χ1) is 17.0. The van der Waals surface area contributed by atoms with Gasteiger partial charge in [-0.15, -0.1) is 0 Å². The van der Waals surface area contributed by atoms with Gasteiger partial charge < -0.3 is 25.0 Å². The number of hydrogen-bond donors (Lipinski definition) is 1.